The number of esters is 1. The van der Waals surface area contributed by atoms with Crippen LogP contribution in [-0.4, -0.2) is 42.5 Å². The maximum absolute atomic E-state index is 14.4. The van der Waals surface area contributed by atoms with Gasteiger partial charge in [0.05, 0.1) is 13.2 Å². The minimum Gasteiger partial charge on any atom is -0.462 e. The van der Waals surface area contributed by atoms with Crippen molar-refractivity contribution in [1.29, 1.82) is 0 Å². The van der Waals surface area contributed by atoms with Crippen LogP contribution in [0.1, 0.15) is 42.9 Å². The first kappa shape index (κ1) is 20.3. The highest BCUT2D eigenvalue weighted by molar-refractivity contribution is 7.21. The lowest BCUT2D eigenvalue weighted by atomic mass is 10.1. The van der Waals surface area contributed by atoms with Crippen molar-refractivity contribution in [2.45, 2.75) is 39.8 Å². The number of nitrogens with one attached hydrogen (secondary N) is 1. The Kier molecular flexibility index (Phi) is 6.36. The fourth-order valence-electron chi connectivity index (χ4n) is 2.71. The minimum absolute atomic E-state index is 0.127. The second-order valence-corrected chi connectivity index (χ2v) is 8.27. The van der Waals surface area contributed by atoms with Crippen molar-refractivity contribution in [2.24, 2.45) is 0 Å². The van der Waals surface area contributed by atoms with Crippen LogP contribution in [0, 0.1) is 5.82 Å². The van der Waals surface area contributed by atoms with E-state index in [1.165, 1.54) is 17.4 Å². The minimum atomic E-state index is -0.462. The lowest BCUT2D eigenvalue weighted by Gasteiger charge is -2.23. The van der Waals surface area contributed by atoms with Gasteiger partial charge in [0.25, 0.3) is 0 Å². The first-order valence-corrected chi connectivity index (χ1v) is 9.30. The van der Waals surface area contributed by atoms with Crippen LogP contribution in [0.25, 0.3) is 10.1 Å². The lowest BCUT2D eigenvalue weighted by Crippen LogP contribution is -2.45. The third-order valence-corrected chi connectivity index (χ3v) is 4.76. The number of carbonyl (C=O) groups is 2. The number of rotatable bonds is 6. The number of ether oxygens (including phenoxy) is 1. The summed E-state index contributed by atoms with van der Waals surface area (Å²) in [5.74, 6) is -0.967. The molecule has 0 radical (unpaired) electrons. The number of hydrogen-bond donors (Lipinski definition) is 1. The molecule has 0 bridgehead atoms. The van der Waals surface area contributed by atoms with Gasteiger partial charge in [-0.15, -0.1) is 11.3 Å². The highest BCUT2D eigenvalue weighted by Crippen LogP contribution is 2.34. The molecule has 1 amide bonds. The van der Waals surface area contributed by atoms with Crippen molar-refractivity contribution >= 4 is 33.3 Å². The second kappa shape index (κ2) is 8.14. The summed E-state index contributed by atoms with van der Waals surface area (Å²) < 4.78 is 20.2. The summed E-state index contributed by atoms with van der Waals surface area (Å²) in [6, 6.07) is 4.77. The maximum atomic E-state index is 14.4. The molecule has 0 aliphatic rings. The Morgan fingerprint density at radius 2 is 2.00 bits per heavy atom. The van der Waals surface area contributed by atoms with E-state index < -0.39 is 5.97 Å². The van der Waals surface area contributed by atoms with Gasteiger partial charge < -0.3 is 10.1 Å². The van der Waals surface area contributed by atoms with E-state index in [1.807, 2.05) is 20.8 Å². The largest absolute Gasteiger partial charge is 0.462 e. The summed E-state index contributed by atoms with van der Waals surface area (Å²) in [6.45, 7) is 8.12. The molecular formula is C19H25FN2O3S. The Morgan fingerprint density at radius 1 is 1.31 bits per heavy atom. The third kappa shape index (κ3) is 5.02. The predicted octanol–water partition coefficient (Wildman–Crippen LogP) is 3.56. The Balaban J connectivity index is 2.30. The number of amides is 1. The molecular weight excluding hydrogens is 355 g/mol. The van der Waals surface area contributed by atoms with E-state index in [4.69, 9.17) is 4.74 Å². The Bertz CT molecular complexity index is 811. The Hall–Kier alpha value is -1.99. The quantitative estimate of drug-likeness (QED) is 0.779. The van der Waals surface area contributed by atoms with Gasteiger partial charge in [-0.3, -0.25) is 9.69 Å². The van der Waals surface area contributed by atoms with Crippen LogP contribution < -0.4 is 5.32 Å². The summed E-state index contributed by atoms with van der Waals surface area (Å²) in [7, 11) is 1.77. The van der Waals surface area contributed by atoms with Gasteiger partial charge in [0.1, 0.15) is 10.7 Å². The van der Waals surface area contributed by atoms with Crippen molar-refractivity contribution in [2.75, 3.05) is 20.2 Å². The summed E-state index contributed by atoms with van der Waals surface area (Å²) in [5, 5.41) is 3.31. The maximum Gasteiger partial charge on any atom is 0.348 e. The molecule has 1 aromatic heterocycles. The van der Waals surface area contributed by atoms with Gasteiger partial charge in [0.2, 0.25) is 5.91 Å². The molecule has 1 N–H and O–H groups in total. The predicted molar refractivity (Wildman–Crippen MR) is 102 cm³/mol. The van der Waals surface area contributed by atoms with Crippen molar-refractivity contribution < 1.29 is 18.7 Å². The Morgan fingerprint density at radius 3 is 2.62 bits per heavy atom. The molecule has 0 aliphatic heterocycles. The molecule has 1 heterocycles. The third-order valence-electron chi connectivity index (χ3n) is 3.58. The number of benzene rings is 1. The van der Waals surface area contributed by atoms with Crippen LogP contribution in [0.4, 0.5) is 4.39 Å². The topological polar surface area (TPSA) is 58.6 Å². The van der Waals surface area contributed by atoms with Crippen LogP contribution in [0.3, 0.4) is 0 Å². The molecule has 0 spiro atoms. The number of fused-ring (bicyclic) bond motifs is 1. The monoisotopic (exact) mass is 380 g/mol. The number of nitrogens with zero attached hydrogens (tertiary/aromatic N) is 1. The SMILES string of the molecule is CCOC(=O)c1sc2cccc(F)c2c1CN(C)CC(=O)NC(C)(C)C. The normalized spacial score (nSPS) is 11.8. The fraction of sp³-hybridized carbons (Fsp3) is 0.474. The van der Waals surface area contributed by atoms with E-state index in [0.29, 0.717) is 20.5 Å². The highest BCUT2D eigenvalue weighted by atomic mass is 32.1. The van der Waals surface area contributed by atoms with Crippen LogP contribution in [-0.2, 0) is 16.1 Å². The molecule has 0 fully saturated rings. The first-order chi connectivity index (χ1) is 12.1. The zero-order valence-corrected chi connectivity index (χ0v) is 16.6. The van der Waals surface area contributed by atoms with Crippen LogP contribution in [0.2, 0.25) is 0 Å². The van der Waals surface area contributed by atoms with Gasteiger partial charge >= 0.3 is 5.97 Å². The molecule has 0 saturated heterocycles. The second-order valence-electron chi connectivity index (χ2n) is 7.21. The van der Waals surface area contributed by atoms with Crippen molar-refractivity contribution in [3.8, 4) is 0 Å². The molecule has 1 aromatic carbocycles. The molecule has 5 nitrogen and oxygen atoms in total. The summed E-state index contributed by atoms with van der Waals surface area (Å²) >= 11 is 1.22. The number of halogens is 1. The van der Waals surface area contributed by atoms with E-state index >= 15 is 0 Å². The molecule has 7 heteroatoms. The summed E-state index contributed by atoms with van der Waals surface area (Å²) in [4.78, 5) is 26.6. The zero-order valence-electron chi connectivity index (χ0n) is 15.8. The lowest BCUT2D eigenvalue weighted by molar-refractivity contribution is -0.123. The number of carbonyl (C=O) groups excluding carboxylic acids is 2. The van der Waals surface area contributed by atoms with Gasteiger partial charge in [0.15, 0.2) is 0 Å². The molecule has 0 aliphatic carbocycles. The van der Waals surface area contributed by atoms with Gasteiger partial charge in [0, 0.05) is 27.7 Å². The standard InChI is InChI=1S/C19H25FN2O3S/c1-6-25-18(24)17-12(16-13(20)8-7-9-14(16)26-17)10-22(5)11-15(23)21-19(2,3)4/h7-9H,6,10-11H2,1-5H3,(H,21,23). The van der Waals surface area contributed by atoms with Crippen molar-refractivity contribution in [3.63, 3.8) is 0 Å². The van der Waals surface area contributed by atoms with Crippen molar-refractivity contribution in [1.82, 2.24) is 10.2 Å². The zero-order chi connectivity index (χ0) is 19.5. The fourth-order valence-corrected chi connectivity index (χ4v) is 3.83. The van der Waals surface area contributed by atoms with Crippen molar-refractivity contribution in [3.05, 3.63) is 34.5 Å². The molecule has 2 aromatic rings. The number of likely N-dealkylation sites (N-methyl/N-ethyl adjacent to an activating group) is 1. The Labute approximate surface area is 157 Å². The van der Waals surface area contributed by atoms with E-state index in [0.717, 1.165) is 0 Å². The average Bonchev–Trinajstić information content (AvgIpc) is 2.85. The van der Waals surface area contributed by atoms with E-state index in [2.05, 4.69) is 5.32 Å². The summed E-state index contributed by atoms with van der Waals surface area (Å²) in [6.07, 6.45) is 0. The average molecular weight is 380 g/mol. The molecule has 26 heavy (non-hydrogen) atoms. The van der Waals surface area contributed by atoms with Crippen LogP contribution in [0.15, 0.2) is 18.2 Å². The highest BCUT2D eigenvalue weighted by Gasteiger charge is 2.23. The van der Waals surface area contributed by atoms with E-state index in [1.54, 1.807) is 31.0 Å². The molecule has 0 atom stereocenters. The number of hydrogen-bond acceptors (Lipinski definition) is 5. The van der Waals surface area contributed by atoms with Gasteiger partial charge in [-0.1, -0.05) is 6.07 Å². The van der Waals surface area contributed by atoms with Gasteiger partial charge in [-0.25, -0.2) is 9.18 Å². The molecule has 0 saturated carbocycles. The van der Waals surface area contributed by atoms with Gasteiger partial charge in [-0.05, 0) is 46.9 Å². The molecule has 0 unspecified atom stereocenters. The van der Waals surface area contributed by atoms with Crippen LogP contribution in [0.5, 0.6) is 0 Å². The molecule has 142 valence electrons. The molecule has 2 rings (SSSR count). The summed E-state index contributed by atoms with van der Waals surface area (Å²) in [5.41, 5.74) is 0.238. The first-order valence-electron chi connectivity index (χ1n) is 8.49. The smallest absolute Gasteiger partial charge is 0.348 e. The van der Waals surface area contributed by atoms with E-state index in [-0.39, 0.29) is 37.0 Å². The number of thiophene rings is 1. The van der Waals surface area contributed by atoms with Crippen LogP contribution >= 0.6 is 11.3 Å². The van der Waals surface area contributed by atoms with E-state index in [9.17, 15) is 14.0 Å². The van der Waals surface area contributed by atoms with Gasteiger partial charge in [-0.2, -0.15) is 0 Å².